The third-order valence-corrected chi connectivity index (χ3v) is 5.38. The van der Waals surface area contributed by atoms with Crippen LogP contribution in [0, 0.1) is 5.92 Å². The first-order valence-corrected chi connectivity index (χ1v) is 11.1. The van der Waals surface area contributed by atoms with Crippen molar-refractivity contribution >= 4 is 5.91 Å². The SMILES string of the molecule is CCCCCCCCCCCCCCCC(Cc1ccccc1)C(N)=O. The van der Waals surface area contributed by atoms with Gasteiger partial charge in [0.25, 0.3) is 0 Å². The molecule has 1 aromatic carbocycles. The molecule has 0 aliphatic carbocycles. The highest BCUT2D eigenvalue weighted by Gasteiger charge is 2.15. The Bertz CT molecular complexity index is 443. The summed E-state index contributed by atoms with van der Waals surface area (Å²) in [7, 11) is 0. The fraction of sp³-hybridized carbons (Fsp3) is 0.708. The van der Waals surface area contributed by atoms with E-state index in [0.29, 0.717) is 0 Å². The van der Waals surface area contributed by atoms with Crippen LogP contribution < -0.4 is 5.73 Å². The number of rotatable bonds is 17. The molecule has 1 aromatic rings. The number of carbonyl (C=O) groups is 1. The number of carbonyl (C=O) groups excluding carboxylic acids is 1. The zero-order valence-electron chi connectivity index (χ0n) is 17.1. The van der Waals surface area contributed by atoms with Crippen molar-refractivity contribution in [2.75, 3.05) is 0 Å². The lowest BCUT2D eigenvalue weighted by Crippen LogP contribution is -2.25. The number of primary amides is 1. The van der Waals surface area contributed by atoms with E-state index in [1.807, 2.05) is 18.2 Å². The average Bonchev–Trinajstić information content (AvgIpc) is 2.65. The predicted octanol–water partition coefficient (Wildman–Crippen LogP) is 6.81. The van der Waals surface area contributed by atoms with Crippen molar-refractivity contribution in [2.45, 2.75) is 103 Å². The summed E-state index contributed by atoms with van der Waals surface area (Å²) in [5, 5.41) is 0. The lowest BCUT2D eigenvalue weighted by molar-refractivity contribution is -0.122. The molecule has 0 aliphatic heterocycles. The zero-order chi connectivity index (χ0) is 18.9. The summed E-state index contributed by atoms with van der Waals surface area (Å²) in [5.41, 5.74) is 6.81. The molecule has 2 nitrogen and oxygen atoms in total. The van der Waals surface area contributed by atoms with Crippen molar-refractivity contribution < 1.29 is 4.79 Å². The van der Waals surface area contributed by atoms with Crippen LogP contribution in [0.5, 0.6) is 0 Å². The molecule has 0 radical (unpaired) electrons. The van der Waals surface area contributed by atoms with E-state index in [4.69, 9.17) is 5.73 Å². The van der Waals surface area contributed by atoms with Crippen LogP contribution in [0.25, 0.3) is 0 Å². The first-order valence-electron chi connectivity index (χ1n) is 11.1. The van der Waals surface area contributed by atoms with Crippen molar-refractivity contribution in [2.24, 2.45) is 11.7 Å². The maximum atomic E-state index is 11.7. The van der Waals surface area contributed by atoms with Gasteiger partial charge in [-0.1, -0.05) is 121 Å². The Kier molecular flexibility index (Phi) is 13.9. The molecule has 0 saturated heterocycles. The Labute approximate surface area is 162 Å². The summed E-state index contributed by atoms with van der Waals surface area (Å²) in [6.45, 7) is 2.28. The van der Waals surface area contributed by atoms with Crippen molar-refractivity contribution in [1.82, 2.24) is 0 Å². The van der Waals surface area contributed by atoms with Gasteiger partial charge < -0.3 is 5.73 Å². The number of nitrogens with two attached hydrogens (primary N) is 1. The van der Waals surface area contributed by atoms with Crippen molar-refractivity contribution in [3.8, 4) is 0 Å². The third-order valence-electron chi connectivity index (χ3n) is 5.38. The normalized spacial score (nSPS) is 12.2. The predicted molar refractivity (Wildman–Crippen MR) is 113 cm³/mol. The quantitative estimate of drug-likeness (QED) is 0.305. The highest BCUT2D eigenvalue weighted by atomic mass is 16.1. The summed E-state index contributed by atoms with van der Waals surface area (Å²) in [4.78, 5) is 11.7. The second kappa shape index (κ2) is 15.9. The minimum Gasteiger partial charge on any atom is -0.369 e. The van der Waals surface area contributed by atoms with Crippen LogP contribution in [0.2, 0.25) is 0 Å². The van der Waals surface area contributed by atoms with Gasteiger partial charge in [0.15, 0.2) is 0 Å². The molecule has 2 heteroatoms. The second-order valence-corrected chi connectivity index (χ2v) is 7.82. The van der Waals surface area contributed by atoms with Gasteiger partial charge >= 0.3 is 0 Å². The molecule has 0 fully saturated rings. The van der Waals surface area contributed by atoms with Crippen molar-refractivity contribution in [1.29, 1.82) is 0 Å². The van der Waals surface area contributed by atoms with Gasteiger partial charge in [-0.3, -0.25) is 4.79 Å². The monoisotopic (exact) mass is 359 g/mol. The number of hydrogen-bond acceptors (Lipinski definition) is 1. The first kappa shape index (κ1) is 22.7. The van der Waals surface area contributed by atoms with Gasteiger partial charge in [0.1, 0.15) is 0 Å². The molecule has 2 N–H and O–H groups in total. The molecule has 1 unspecified atom stereocenters. The van der Waals surface area contributed by atoms with Gasteiger partial charge in [-0.2, -0.15) is 0 Å². The molecule has 1 amide bonds. The highest BCUT2D eigenvalue weighted by molar-refractivity contribution is 5.76. The van der Waals surface area contributed by atoms with E-state index in [-0.39, 0.29) is 11.8 Å². The van der Waals surface area contributed by atoms with Crippen LogP contribution in [-0.4, -0.2) is 5.91 Å². The first-order chi connectivity index (χ1) is 12.7. The number of hydrogen-bond donors (Lipinski definition) is 1. The van der Waals surface area contributed by atoms with E-state index >= 15 is 0 Å². The molecule has 0 bridgehead atoms. The molecule has 26 heavy (non-hydrogen) atoms. The number of amides is 1. The van der Waals surface area contributed by atoms with Crippen LogP contribution in [0.4, 0.5) is 0 Å². The molecular formula is C24H41NO. The van der Waals surface area contributed by atoms with Crippen LogP contribution >= 0.6 is 0 Å². The van der Waals surface area contributed by atoms with Gasteiger partial charge in [0.2, 0.25) is 5.91 Å². The topological polar surface area (TPSA) is 43.1 Å². The molecular weight excluding hydrogens is 318 g/mol. The van der Waals surface area contributed by atoms with E-state index in [1.54, 1.807) is 0 Å². The van der Waals surface area contributed by atoms with E-state index in [2.05, 4.69) is 19.1 Å². The van der Waals surface area contributed by atoms with Crippen molar-refractivity contribution in [3.05, 3.63) is 35.9 Å². The maximum absolute atomic E-state index is 11.7. The third kappa shape index (κ3) is 12.1. The minimum absolute atomic E-state index is 0.00916. The fourth-order valence-corrected chi connectivity index (χ4v) is 3.65. The lowest BCUT2D eigenvalue weighted by Gasteiger charge is -2.13. The summed E-state index contributed by atoms with van der Waals surface area (Å²) >= 11 is 0. The molecule has 1 rings (SSSR count). The van der Waals surface area contributed by atoms with Gasteiger partial charge in [-0.25, -0.2) is 0 Å². The smallest absolute Gasteiger partial charge is 0.220 e. The molecule has 0 heterocycles. The van der Waals surface area contributed by atoms with Crippen molar-refractivity contribution in [3.63, 3.8) is 0 Å². The Balaban J connectivity index is 1.96. The molecule has 148 valence electrons. The summed E-state index contributed by atoms with van der Waals surface area (Å²) < 4.78 is 0. The Morgan fingerprint density at radius 1 is 0.769 bits per heavy atom. The molecule has 0 aliphatic rings. The number of benzene rings is 1. The fourth-order valence-electron chi connectivity index (χ4n) is 3.65. The lowest BCUT2D eigenvalue weighted by atomic mass is 9.93. The highest BCUT2D eigenvalue weighted by Crippen LogP contribution is 2.17. The molecule has 0 spiro atoms. The van der Waals surface area contributed by atoms with E-state index in [9.17, 15) is 4.79 Å². The van der Waals surface area contributed by atoms with E-state index in [0.717, 1.165) is 19.3 Å². The van der Waals surface area contributed by atoms with Crippen LogP contribution in [-0.2, 0) is 11.2 Å². The van der Waals surface area contributed by atoms with Gasteiger partial charge in [-0.15, -0.1) is 0 Å². The van der Waals surface area contributed by atoms with Crippen LogP contribution in [0.15, 0.2) is 30.3 Å². The molecule has 0 aromatic heterocycles. The maximum Gasteiger partial charge on any atom is 0.220 e. The Morgan fingerprint density at radius 3 is 1.69 bits per heavy atom. The summed E-state index contributed by atoms with van der Waals surface area (Å²) in [6, 6.07) is 10.2. The zero-order valence-corrected chi connectivity index (χ0v) is 17.1. The average molecular weight is 360 g/mol. The Hall–Kier alpha value is -1.31. The van der Waals surface area contributed by atoms with Gasteiger partial charge in [0.05, 0.1) is 0 Å². The van der Waals surface area contributed by atoms with E-state index < -0.39 is 0 Å². The Morgan fingerprint density at radius 2 is 1.23 bits per heavy atom. The van der Waals surface area contributed by atoms with E-state index in [1.165, 1.54) is 82.6 Å². The largest absolute Gasteiger partial charge is 0.369 e. The second-order valence-electron chi connectivity index (χ2n) is 7.82. The molecule has 1 atom stereocenters. The number of unbranched alkanes of at least 4 members (excludes halogenated alkanes) is 12. The standard InChI is InChI=1S/C24H41NO/c1-2-3-4-5-6-7-8-9-10-11-12-13-17-20-23(24(25)26)21-22-18-15-14-16-19-22/h14-16,18-19,23H,2-13,17,20-21H2,1H3,(H2,25,26). The van der Waals surface area contributed by atoms with Gasteiger partial charge in [-0.05, 0) is 18.4 Å². The summed E-state index contributed by atoms with van der Waals surface area (Å²) in [5.74, 6) is -0.155. The molecule has 0 saturated carbocycles. The summed E-state index contributed by atoms with van der Waals surface area (Å²) in [6.07, 6.45) is 19.3. The van der Waals surface area contributed by atoms with Gasteiger partial charge in [0, 0.05) is 5.92 Å². The van der Waals surface area contributed by atoms with Crippen LogP contribution in [0.1, 0.15) is 102 Å². The minimum atomic E-state index is -0.146. The van der Waals surface area contributed by atoms with Crippen LogP contribution in [0.3, 0.4) is 0 Å².